The van der Waals surface area contributed by atoms with Crippen molar-refractivity contribution in [2.45, 2.75) is 24.9 Å². The number of halogens is 1. The highest BCUT2D eigenvalue weighted by atomic mass is 32.2. The zero-order chi connectivity index (χ0) is 14.5. The molecule has 0 saturated carbocycles. The summed E-state index contributed by atoms with van der Waals surface area (Å²) in [4.78, 5) is 2.66. The molecule has 1 aromatic rings. The van der Waals surface area contributed by atoms with Crippen molar-refractivity contribution in [3.8, 4) is 0 Å². The second kappa shape index (κ2) is 7.75. The molecule has 2 heterocycles. The van der Waals surface area contributed by atoms with Crippen molar-refractivity contribution < 1.29 is 4.39 Å². The minimum absolute atomic E-state index is 0.168. The SMILES string of the molecule is Fc1ccc(N[C@H]2CCCN(C3CSCCSC3)C2)cc1. The number of anilines is 1. The van der Waals surface area contributed by atoms with Crippen LogP contribution in [0.3, 0.4) is 0 Å². The molecule has 2 nitrogen and oxygen atoms in total. The summed E-state index contributed by atoms with van der Waals surface area (Å²) in [6.07, 6.45) is 2.46. The number of rotatable bonds is 3. The predicted octanol–water partition coefficient (Wildman–Crippen LogP) is 3.55. The third-order valence-corrected chi connectivity index (χ3v) is 6.66. The van der Waals surface area contributed by atoms with Crippen molar-refractivity contribution in [1.29, 1.82) is 0 Å². The highest BCUT2D eigenvalue weighted by Gasteiger charge is 2.26. The molecule has 0 amide bonds. The van der Waals surface area contributed by atoms with E-state index in [1.54, 1.807) is 0 Å². The Morgan fingerprint density at radius 2 is 1.81 bits per heavy atom. The molecule has 116 valence electrons. The Morgan fingerprint density at radius 3 is 2.52 bits per heavy atom. The van der Waals surface area contributed by atoms with Gasteiger partial charge in [-0.25, -0.2) is 4.39 Å². The van der Waals surface area contributed by atoms with Gasteiger partial charge in [0.25, 0.3) is 0 Å². The van der Waals surface area contributed by atoms with Crippen LogP contribution in [0.4, 0.5) is 10.1 Å². The molecule has 0 unspecified atom stereocenters. The van der Waals surface area contributed by atoms with Crippen molar-refractivity contribution in [2.75, 3.05) is 41.4 Å². The number of benzene rings is 1. The van der Waals surface area contributed by atoms with Gasteiger partial charge in [-0.3, -0.25) is 4.90 Å². The van der Waals surface area contributed by atoms with Crippen LogP contribution in [-0.4, -0.2) is 53.1 Å². The molecule has 5 heteroatoms. The third kappa shape index (κ3) is 4.54. The number of thioether (sulfide) groups is 2. The first kappa shape index (κ1) is 15.5. The number of nitrogens with one attached hydrogen (secondary N) is 1. The molecule has 3 rings (SSSR count). The van der Waals surface area contributed by atoms with Crippen LogP contribution in [0.5, 0.6) is 0 Å². The van der Waals surface area contributed by atoms with E-state index >= 15 is 0 Å². The average Bonchev–Trinajstić information content (AvgIpc) is 2.79. The van der Waals surface area contributed by atoms with E-state index in [9.17, 15) is 4.39 Å². The quantitative estimate of drug-likeness (QED) is 0.913. The molecule has 2 aliphatic rings. The van der Waals surface area contributed by atoms with E-state index in [2.05, 4.69) is 33.7 Å². The van der Waals surface area contributed by atoms with Gasteiger partial charge in [-0.15, -0.1) is 0 Å². The molecular weight excluding hydrogens is 303 g/mol. The lowest BCUT2D eigenvalue weighted by Crippen LogP contribution is -2.48. The molecule has 1 atom stereocenters. The second-order valence-electron chi connectivity index (χ2n) is 5.79. The van der Waals surface area contributed by atoms with Crippen molar-refractivity contribution in [3.05, 3.63) is 30.1 Å². The van der Waals surface area contributed by atoms with Crippen LogP contribution >= 0.6 is 23.5 Å². The Morgan fingerprint density at radius 1 is 1.10 bits per heavy atom. The molecule has 0 aliphatic carbocycles. The first-order chi connectivity index (χ1) is 10.3. The molecule has 0 radical (unpaired) electrons. The number of hydrogen-bond donors (Lipinski definition) is 1. The second-order valence-corrected chi connectivity index (χ2v) is 8.09. The first-order valence-corrected chi connectivity index (χ1v) is 10.0. The van der Waals surface area contributed by atoms with Gasteiger partial charge in [0.15, 0.2) is 0 Å². The largest absolute Gasteiger partial charge is 0.381 e. The average molecular weight is 327 g/mol. The number of hydrogen-bond acceptors (Lipinski definition) is 4. The van der Waals surface area contributed by atoms with E-state index in [0.29, 0.717) is 6.04 Å². The lowest BCUT2D eigenvalue weighted by Gasteiger charge is -2.38. The van der Waals surface area contributed by atoms with Gasteiger partial charge in [0.2, 0.25) is 0 Å². The number of nitrogens with zero attached hydrogens (tertiary/aromatic N) is 1. The molecule has 21 heavy (non-hydrogen) atoms. The van der Waals surface area contributed by atoms with Crippen LogP contribution < -0.4 is 5.32 Å². The van der Waals surface area contributed by atoms with Gasteiger partial charge in [0.05, 0.1) is 0 Å². The van der Waals surface area contributed by atoms with E-state index in [4.69, 9.17) is 0 Å². The predicted molar refractivity (Wildman–Crippen MR) is 93.1 cm³/mol. The van der Waals surface area contributed by atoms with E-state index in [1.165, 1.54) is 54.5 Å². The molecule has 0 aromatic heterocycles. The molecule has 1 aromatic carbocycles. The first-order valence-electron chi connectivity index (χ1n) is 7.73. The van der Waals surface area contributed by atoms with Crippen LogP contribution in [-0.2, 0) is 0 Å². The third-order valence-electron chi connectivity index (χ3n) is 4.18. The van der Waals surface area contributed by atoms with Crippen molar-refractivity contribution >= 4 is 29.2 Å². The van der Waals surface area contributed by atoms with E-state index in [1.807, 2.05) is 12.1 Å². The van der Waals surface area contributed by atoms with Crippen LogP contribution in [0.2, 0.25) is 0 Å². The Kier molecular flexibility index (Phi) is 5.72. The van der Waals surface area contributed by atoms with Crippen molar-refractivity contribution in [3.63, 3.8) is 0 Å². The fourth-order valence-electron chi connectivity index (χ4n) is 3.05. The van der Waals surface area contributed by atoms with E-state index in [0.717, 1.165) is 18.3 Å². The van der Waals surface area contributed by atoms with Gasteiger partial charge in [-0.05, 0) is 43.7 Å². The molecule has 0 bridgehead atoms. The Hall–Kier alpha value is -0.390. The topological polar surface area (TPSA) is 15.3 Å². The standard InChI is InChI=1S/C16H23FN2S2/c17-13-3-5-14(6-4-13)18-15-2-1-7-19(10-15)16-11-20-8-9-21-12-16/h3-6,15-16,18H,1-2,7-12H2/t15-/m0/s1. The molecule has 0 spiro atoms. The Labute approximate surface area is 135 Å². The maximum absolute atomic E-state index is 13.0. The minimum Gasteiger partial charge on any atom is -0.381 e. The Balaban J connectivity index is 1.56. The molecule has 2 fully saturated rings. The smallest absolute Gasteiger partial charge is 0.123 e. The van der Waals surface area contributed by atoms with E-state index < -0.39 is 0 Å². The lowest BCUT2D eigenvalue weighted by molar-refractivity contribution is 0.180. The summed E-state index contributed by atoms with van der Waals surface area (Å²) in [7, 11) is 0. The van der Waals surface area contributed by atoms with Gasteiger partial charge < -0.3 is 5.32 Å². The minimum atomic E-state index is -0.168. The van der Waals surface area contributed by atoms with Gasteiger partial charge in [-0.2, -0.15) is 23.5 Å². The summed E-state index contributed by atoms with van der Waals surface area (Å²) >= 11 is 4.20. The van der Waals surface area contributed by atoms with Crippen molar-refractivity contribution in [1.82, 2.24) is 4.90 Å². The molecule has 1 N–H and O–H groups in total. The highest BCUT2D eigenvalue weighted by molar-refractivity contribution is 8.03. The van der Waals surface area contributed by atoms with Gasteiger partial charge >= 0.3 is 0 Å². The normalized spacial score (nSPS) is 25.5. The summed E-state index contributed by atoms with van der Waals surface area (Å²) in [5.74, 6) is 4.98. The van der Waals surface area contributed by atoms with Crippen LogP contribution in [0, 0.1) is 5.82 Å². The molecule has 2 aliphatic heterocycles. The van der Waals surface area contributed by atoms with Crippen molar-refractivity contribution in [2.24, 2.45) is 0 Å². The summed E-state index contributed by atoms with van der Waals surface area (Å²) in [6.45, 7) is 2.34. The zero-order valence-electron chi connectivity index (χ0n) is 12.3. The van der Waals surface area contributed by atoms with Crippen LogP contribution in [0.1, 0.15) is 12.8 Å². The van der Waals surface area contributed by atoms with Gasteiger partial charge in [0.1, 0.15) is 5.82 Å². The maximum atomic E-state index is 13.0. The zero-order valence-corrected chi connectivity index (χ0v) is 13.9. The highest BCUT2D eigenvalue weighted by Crippen LogP contribution is 2.24. The van der Waals surface area contributed by atoms with Crippen LogP contribution in [0.25, 0.3) is 0 Å². The molecule has 2 saturated heterocycles. The Bertz CT molecular complexity index is 432. The van der Waals surface area contributed by atoms with Crippen LogP contribution in [0.15, 0.2) is 24.3 Å². The monoisotopic (exact) mass is 326 g/mol. The summed E-state index contributed by atoms with van der Waals surface area (Å²) in [6, 6.07) is 7.95. The summed E-state index contributed by atoms with van der Waals surface area (Å²) < 4.78 is 13.0. The van der Waals surface area contributed by atoms with Gasteiger partial charge in [-0.1, -0.05) is 0 Å². The lowest BCUT2D eigenvalue weighted by atomic mass is 10.0. The number of piperidine rings is 1. The number of likely N-dealkylation sites (tertiary alicyclic amines) is 1. The van der Waals surface area contributed by atoms with E-state index in [-0.39, 0.29) is 5.82 Å². The summed E-state index contributed by atoms with van der Waals surface area (Å²) in [5, 5.41) is 3.57. The fraction of sp³-hybridized carbons (Fsp3) is 0.625. The maximum Gasteiger partial charge on any atom is 0.123 e. The summed E-state index contributed by atoms with van der Waals surface area (Å²) in [5.41, 5.74) is 1.04. The fourth-order valence-corrected chi connectivity index (χ4v) is 5.68. The molecular formula is C16H23FN2S2. The van der Waals surface area contributed by atoms with Gasteiger partial charge in [0, 0.05) is 47.3 Å².